The van der Waals surface area contributed by atoms with Crippen LogP contribution in [0.3, 0.4) is 0 Å². The number of hydroxylamine groups is 2. The predicted molar refractivity (Wildman–Crippen MR) is 25.4 cm³/mol. The zero-order valence-electron chi connectivity index (χ0n) is 3.86. The zero-order valence-corrected chi connectivity index (χ0v) is 5.86. The maximum atomic E-state index is 10.1. The average molecular weight is 91.2 g/mol. The van der Waals surface area contributed by atoms with Crippen LogP contribution in [0.4, 0.5) is 0 Å². The Kier molecular flexibility index (Phi) is 1.11. The highest BCUT2D eigenvalue weighted by Gasteiger charge is 1.78. The minimum Gasteiger partial charge on any atom is -0.653 e. The van der Waals surface area contributed by atoms with Crippen LogP contribution in [0.15, 0.2) is 0 Å². The molecule has 32 valence electrons. The van der Waals surface area contributed by atoms with Crippen LogP contribution in [0.2, 0.25) is 0 Å². The van der Waals surface area contributed by atoms with Gasteiger partial charge in [-0.2, -0.15) is 0 Å². The quantitative estimate of drug-likeness (QED) is 0.272. The maximum Gasteiger partial charge on any atom is 0.239 e. The summed E-state index contributed by atoms with van der Waals surface area (Å²) in [6.07, 6.45) is 0. The van der Waals surface area contributed by atoms with Gasteiger partial charge in [0.15, 0.2) is 0 Å². The molecule has 0 aromatic heterocycles. The SMILES string of the molecule is C[N+](C)([O-])[SiH3]. The summed E-state index contributed by atoms with van der Waals surface area (Å²) in [6.45, 7) is 0. The van der Waals surface area contributed by atoms with Crippen molar-refractivity contribution in [1.29, 1.82) is 0 Å². The monoisotopic (exact) mass is 91.0 g/mol. The number of rotatable bonds is 0. The zero-order chi connectivity index (χ0) is 4.50. The molecule has 0 saturated heterocycles. The smallest absolute Gasteiger partial charge is 0.239 e. The molecule has 0 bridgehead atoms. The van der Waals surface area contributed by atoms with Crippen LogP contribution in [-0.4, -0.2) is 28.8 Å². The molecule has 0 heterocycles. The van der Waals surface area contributed by atoms with E-state index in [9.17, 15) is 5.21 Å². The number of hydrogen-bond donors (Lipinski definition) is 0. The summed E-state index contributed by atoms with van der Waals surface area (Å²) in [6, 6.07) is 0. The van der Waals surface area contributed by atoms with E-state index < -0.39 is 0 Å². The molecular formula is C2H9NOSi. The summed E-state index contributed by atoms with van der Waals surface area (Å²) in [7, 11) is 3.95. The Morgan fingerprint density at radius 2 is 1.60 bits per heavy atom. The van der Waals surface area contributed by atoms with E-state index in [1.165, 1.54) is 0 Å². The highest BCUT2D eigenvalue weighted by atomic mass is 28.2. The van der Waals surface area contributed by atoms with Crippen molar-refractivity contribution in [2.24, 2.45) is 0 Å². The van der Waals surface area contributed by atoms with E-state index in [0.29, 0.717) is 10.4 Å². The lowest BCUT2D eigenvalue weighted by Crippen LogP contribution is -2.27. The summed E-state index contributed by atoms with van der Waals surface area (Å²) >= 11 is 0. The van der Waals surface area contributed by atoms with E-state index >= 15 is 0 Å². The minimum atomic E-state index is -0.111. The van der Waals surface area contributed by atoms with Crippen LogP contribution in [0.1, 0.15) is 0 Å². The Balaban J connectivity index is 3.02. The Morgan fingerprint density at radius 3 is 1.60 bits per heavy atom. The highest BCUT2D eigenvalue weighted by Crippen LogP contribution is 1.74. The van der Waals surface area contributed by atoms with Crippen molar-refractivity contribution >= 4 is 10.4 Å². The van der Waals surface area contributed by atoms with Gasteiger partial charge in [-0.25, -0.2) is 0 Å². The molecule has 5 heavy (non-hydrogen) atoms. The van der Waals surface area contributed by atoms with E-state index in [2.05, 4.69) is 0 Å². The summed E-state index contributed by atoms with van der Waals surface area (Å²) < 4.78 is -0.111. The van der Waals surface area contributed by atoms with Crippen LogP contribution in [0.25, 0.3) is 0 Å². The van der Waals surface area contributed by atoms with E-state index in [-0.39, 0.29) is 4.31 Å². The first-order valence-corrected chi connectivity index (χ1v) is 2.42. The highest BCUT2D eigenvalue weighted by molar-refractivity contribution is 5.97. The molecule has 0 aromatic rings. The summed E-state index contributed by atoms with van der Waals surface area (Å²) in [5.41, 5.74) is 0. The summed E-state index contributed by atoms with van der Waals surface area (Å²) in [5.74, 6) is 0. The first kappa shape index (κ1) is 5.14. The van der Waals surface area contributed by atoms with Crippen LogP contribution >= 0.6 is 0 Å². The fourth-order valence-corrected chi connectivity index (χ4v) is 0. The molecule has 0 spiro atoms. The first-order chi connectivity index (χ1) is 2.00. The van der Waals surface area contributed by atoms with Crippen molar-refractivity contribution in [3.8, 4) is 0 Å². The van der Waals surface area contributed by atoms with Crippen LogP contribution in [-0.2, 0) is 0 Å². The van der Waals surface area contributed by atoms with Gasteiger partial charge in [-0.1, -0.05) is 0 Å². The molecule has 0 N–H and O–H groups in total. The topological polar surface area (TPSA) is 23.1 Å². The standard InChI is InChI=1S/C2H9NOSi/c1-3(2,4)5/h1-2,5H3. The third kappa shape index (κ3) is 1010. The molecule has 0 aliphatic rings. The van der Waals surface area contributed by atoms with E-state index in [4.69, 9.17) is 0 Å². The average Bonchev–Trinajstić information content (AvgIpc) is 0.722. The molecule has 0 fully saturated rings. The fraction of sp³-hybridized carbons (Fsp3) is 1.00. The van der Waals surface area contributed by atoms with Gasteiger partial charge in [0.1, 0.15) is 0 Å². The second-order valence-electron chi connectivity index (χ2n) is 1.89. The lowest BCUT2D eigenvalue weighted by atomic mass is 11.2. The van der Waals surface area contributed by atoms with Gasteiger partial charge in [0.2, 0.25) is 10.4 Å². The molecule has 2 nitrogen and oxygen atoms in total. The second-order valence-corrected chi connectivity index (χ2v) is 4.04. The molecule has 0 unspecified atom stereocenters. The molecule has 0 saturated carbocycles. The van der Waals surface area contributed by atoms with Gasteiger partial charge in [-0.15, -0.1) is 0 Å². The fourth-order valence-electron chi connectivity index (χ4n) is 0. The van der Waals surface area contributed by atoms with Crippen molar-refractivity contribution < 1.29 is 4.31 Å². The lowest BCUT2D eigenvalue weighted by Gasteiger charge is -2.29. The molecule has 0 rings (SSSR count). The Morgan fingerprint density at radius 1 is 1.60 bits per heavy atom. The van der Waals surface area contributed by atoms with Crippen molar-refractivity contribution in [3.63, 3.8) is 0 Å². The molecule has 0 aromatic carbocycles. The number of hydrogen-bond acceptors (Lipinski definition) is 1. The third-order valence-electron chi connectivity index (χ3n) is 0. The van der Waals surface area contributed by atoms with Crippen LogP contribution < -0.4 is 0 Å². The van der Waals surface area contributed by atoms with Crippen molar-refractivity contribution in [1.82, 2.24) is 0 Å². The first-order valence-electron chi connectivity index (χ1n) is 1.52. The van der Waals surface area contributed by atoms with Gasteiger partial charge in [0.05, 0.1) is 14.1 Å². The predicted octanol–water partition coefficient (Wildman–Crippen LogP) is -1.16. The third-order valence-corrected chi connectivity index (χ3v) is 0. The number of quaternary nitrogens is 1. The normalized spacial score (nSPS) is 12.6. The number of nitrogens with zero attached hydrogens (tertiary/aromatic N) is 1. The molecule has 3 heteroatoms. The van der Waals surface area contributed by atoms with Gasteiger partial charge < -0.3 is 9.52 Å². The van der Waals surface area contributed by atoms with Crippen molar-refractivity contribution in [3.05, 3.63) is 5.21 Å². The molecule has 0 aliphatic heterocycles. The Labute approximate surface area is 35.1 Å². The lowest BCUT2D eigenvalue weighted by molar-refractivity contribution is -0.715. The van der Waals surface area contributed by atoms with Gasteiger partial charge in [0.25, 0.3) is 0 Å². The second kappa shape index (κ2) is 1.08. The van der Waals surface area contributed by atoms with Crippen molar-refractivity contribution in [2.75, 3.05) is 14.1 Å². The van der Waals surface area contributed by atoms with Crippen molar-refractivity contribution in [2.45, 2.75) is 0 Å². The maximum absolute atomic E-state index is 10.1. The molecular weight excluding hydrogens is 82.1 g/mol. The van der Waals surface area contributed by atoms with Crippen LogP contribution in [0, 0.1) is 5.21 Å². The summed E-state index contributed by atoms with van der Waals surface area (Å²) in [5, 5.41) is 10.1. The van der Waals surface area contributed by atoms with E-state index in [1.54, 1.807) is 14.1 Å². The molecule has 0 aliphatic carbocycles. The van der Waals surface area contributed by atoms with E-state index in [1.807, 2.05) is 0 Å². The molecule has 0 radical (unpaired) electrons. The molecule has 0 amide bonds. The van der Waals surface area contributed by atoms with E-state index in [0.717, 1.165) is 0 Å². The molecule has 0 atom stereocenters. The Hall–Kier alpha value is 0.137. The summed E-state index contributed by atoms with van der Waals surface area (Å²) in [4.78, 5) is 0. The van der Waals surface area contributed by atoms with Gasteiger partial charge in [0, 0.05) is 0 Å². The largest absolute Gasteiger partial charge is 0.653 e. The Bertz CT molecular complexity index is 25.1. The van der Waals surface area contributed by atoms with Gasteiger partial charge >= 0.3 is 0 Å². The minimum absolute atomic E-state index is 0.111. The van der Waals surface area contributed by atoms with Gasteiger partial charge in [-0.05, 0) is 0 Å². The van der Waals surface area contributed by atoms with Gasteiger partial charge in [-0.3, -0.25) is 0 Å². The van der Waals surface area contributed by atoms with Crippen LogP contribution in [0.5, 0.6) is 0 Å².